The van der Waals surface area contributed by atoms with Crippen LogP contribution in [0.15, 0.2) is 18.2 Å². The van der Waals surface area contributed by atoms with Crippen LogP contribution in [-0.4, -0.2) is 11.9 Å². The number of benzene rings is 1. The van der Waals surface area contributed by atoms with Gasteiger partial charge in [-0.1, -0.05) is 46.8 Å². The quantitative estimate of drug-likeness (QED) is 0.639. The molecule has 0 radical (unpaired) electrons. The van der Waals surface area contributed by atoms with Crippen LogP contribution in [0.5, 0.6) is 0 Å². The standard InChI is InChI=1S/C22H34O4/c1-10-18(23)25-21(6,7)16-12-15(20(3,4)5)13-17(14-16)22(8,9)26-19(24)11-2/h12-14H,10-11H2,1-9H3. The van der Waals surface area contributed by atoms with Crippen molar-refractivity contribution in [1.82, 2.24) is 0 Å². The molecule has 0 aliphatic rings. The molecule has 0 spiro atoms. The molecule has 1 rings (SSSR count). The van der Waals surface area contributed by atoms with Crippen molar-refractivity contribution in [2.24, 2.45) is 0 Å². The van der Waals surface area contributed by atoms with Crippen molar-refractivity contribution < 1.29 is 19.1 Å². The molecule has 26 heavy (non-hydrogen) atoms. The second-order valence-electron chi connectivity index (χ2n) is 8.72. The van der Waals surface area contributed by atoms with E-state index in [1.807, 2.05) is 33.8 Å². The van der Waals surface area contributed by atoms with E-state index < -0.39 is 11.2 Å². The molecule has 0 aliphatic carbocycles. The average Bonchev–Trinajstić information content (AvgIpc) is 2.52. The lowest BCUT2D eigenvalue weighted by Crippen LogP contribution is -2.29. The monoisotopic (exact) mass is 362 g/mol. The van der Waals surface area contributed by atoms with Gasteiger partial charge in [-0.2, -0.15) is 0 Å². The lowest BCUT2D eigenvalue weighted by Gasteiger charge is -2.32. The molecule has 0 N–H and O–H groups in total. The average molecular weight is 363 g/mol. The second kappa shape index (κ2) is 7.81. The summed E-state index contributed by atoms with van der Waals surface area (Å²) in [7, 11) is 0. The fraction of sp³-hybridized carbons (Fsp3) is 0.636. The molecular formula is C22H34O4. The summed E-state index contributed by atoms with van der Waals surface area (Å²) < 4.78 is 11.3. The molecule has 0 saturated heterocycles. The molecule has 0 saturated carbocycles. The maximum atomic E-state index is 11.9. The van der Waals surface area contributed by atoms with Crippen LogP contribution in [-0.2, 0) is 35.7 Å². The maximum Gasteiger partial charge on any atom is 0.306 e. The van der Waals surface area contributed by atoms with Crippen LogP contribution in [0.3, 0.4) is 0 Å². The van der Waals surface area contributed by atoms with Crippen LogP contribution in [0.25, 0.3) is 0 Å². The van der Waals surface area contributed by atoms with E-state index in [-0.39, 0.29) is 17.4 Å². The van der Waals surface area contributed by atoms with E-state index in [2.05, 4.69) is 32.9 Å². The molecule has 0 bridgehead atoms. The number of hydrogen-bond donors (Lipinski definition) is 0. The van der Waals surface area contributed by atoms with Crippen LogP contribution in [0.2, 0.25) is 0 Å². The van der Waals surface area contributed by atoms with E-state index in [9.17, 15) is 9.59 Å². The van der Waals surface area contributed by atoms with Crippen molar-refractivity contribution in [1.29, 1.82) is 0 Å². The third-order valence-electron chi connectivity index (χ3n) is 4.50. The number of ether oxygens (including phenoxy) is 2. The van der Waals surface area contributed by atoms with Crippen LogP contribution >= 0.6 is 0 Å². The highest BCUT2D eigenvalue weighted by Gasteiger charge is 2.32. The largest absolute Gasteiger partial charge is 0.455 e. The van der Waals surface area contributed by atoms with Crippen molar-refractivity contribution in [3.8, 4) is 0 Å². The van der Waals surface area contributed by atoms with Gasteiger partial charge in [-0.25, -0.2) is 0 Å². The fourth-order valence-electron chi connectivity index (χ4n) is 2.59. The molecule has 146 valence electrons. The predicted molar refractivity (Wildman–Crippen MR) is 104 cm³/mol. The summed E-state index contributed by atoms with van der Waals surface area (Å²) in [5, 5.41) is 0. The molecule has 1 aromatic rings. The van der Waals surface area contributed by atoms with Gasteiger partial charge in [0, 0.05) is 12.8 Å². The Morgan fingerprint density at radius 2 is 1.00 bits per heavy atom. The fourth-order valence-corrected chi connectivity index (χ4v) is 2.59. The molecule has 0 atom stereocenters. The summed E-state index contributed by atoms with van der Waals surface area (Å²) in [5.74, 6) is -0.483. The minimum atomic E-state index is -0.770. The normalized spacial score (nSPS) is 12.7. The minimum Gasteiger partial charge on any atom is -0.455 e. The third-order valence-corrected chi connectivity index (χ3v) is 4.50. The molecule has 0 aliphatic heterocycles. The third kappa shape index (κ3) is 5.58. The first-order valence-corrected chi connectivity index (χ1v) is 9.33. The zero-order valence-corrected chi connectivity index (χ0v) is 17.8. The van der Waals surface area contributed by atoms with Gasteiger partial charge in [-0.15, -0.1) is 0 Å². The lowest BCUT2D eigenvalue weighted by molar-refractivity contribution is -0.157. The van der Waals surface area contributed by atoms with Gasteiger partial charge in [0.25, 0.3) is 0 Å². The number of hydrogen-bond acceptors (Lipinski definition) is 4. The molecule has 4 heteroatoms. The molecule has 0 unspecified atom stereocenters. The summed E-state index contributed by atoms with van der Waals surface area (Å²) in [6.07, 6.45) is 0.656. The first-order valence-electron chi connectivity index (χ1n) is 9.33. The van der Waals surface area contributed by atoms with Crippen LogP contribution in [0, 0.1) is 0 Å². The minimum absolute atomic E-state index is 0.0968. The molecule has 4 nitrogen and oxygen atoms in total. The van der Waals surface area contributed by atoms with Gasteiger partial charge < -0.3 is 9.47 Å². The van der Waals surface area contributed by atoms with Gasteiger partial charge in [0.05, 0.1) is 0 Å². The Kier molecular flexibility index (Phi) is 6.67. The first-order chi connectivity index (χ1) is 11.7. The summed E-state index contributed by atoms with van der Waals surface area (Å²) in [6, 6.07) is 6.12. The van der Waals surface area contributed by atoms with Gasteiger partial charge in [0.1, 0.15) is 11.2 Å². The van der Waals surface area contributed by atoms with Crippen LogP contribution in [0.1, 0.15) is 91.8 Å². The van der Waals surface area contributed by atoms with E-state index >= 15 is 0 Å². The second-order valence-corrected chi connectivity index (χ2v) is 8.72. The van der Waals surface area contributed by atoms with Gasteiger partial charge in [-0.05, 0) is 55.9 Å². The topological polar surface area (TPSA) is 52.6 Å². The van der Waals surface area contributed by atoms with Crippen molar-refractivity contribution >= 4 is 11.9 Å². The SMILES string of the molecule is CCC(=O)OC(C)(C)c1cc(C(C)(C)C)cc(C(C)(C)OC(=O)CC)c1. The predicted octanol–water partition coefficient (Wildman–Crippen LogP) is 5.36. The van der Waals surface area contributed by atoms with Crippen LogP contribution in [0.4, 0.5) is 0 Å². The van der Waals surface area contributed by atoms with Gasteiger partial charge in [0.2, 0.25) is 0 Å². The van der Waals surface area contributed by atoms with E-state index in [1.165, 1.54) is 0 Å². The van der Waals surface area contributed by atoms with E-state index in [0.29, 0.717) is 12.8 Å². The lowest BCUT2D eigenvalue weighted by atomic mass is 9.80. The number of carbonyl (C=O) groups is 2. The summed E-state index contributed by atoms with van der Waals surface area (Å²) in [5.41, 5.74) is 1.25. The number of rotatable bonds is 6. The van der Waals surface area contributed by atoms with Gasteiger partial charge >= 0.3 is 11.9 Å². The Morgan fingerprint density at radius 1 is 0.692 bits per heavy atom. The molecular weight excluding hydrogens is 328 g/mol. The molecule has 0 fully saturated rings. The van der Waals surface area contributed by atoms with Crippen molar-refractivity contribution in [3.63, 3.8) is 0 Å². The zero-order valence-electron chi connectivity index (χ0n) is 17.8. The summed E-state index contributed by atoms with van der Waals surface area (Å²) >= 11 is 0. The van der Waals surface area contributed by atoms with Crippen molar-refractivity contribution in [2.75, 3.05) is 0 Å². The van der Waals surface area contributed by atoms with Crippen molar-refractivity contribution in [2.45, 2.75) is 91.8 Å². The highest BCUT2D eigenvalue weighted by Crippen LogP contribution is 2.36. The first kappa shape index (κ1) is 22.2. The summed E-state index contributed by atoms with van der Waals surface area (Å²) in [6.45, 7) is 17.5. The highest BCUT2D eigenvalue weighted by molar-refractivity contribution is 5.70. The Labute approximate surface area is 158 Å². The van der Waals surface area contributed by atoms with Gasteiger partial charge in [0.15, 0.2) is 0 Å². The Balaban J connectivity index is 3.49. The number of esters is 2. The smallest absolute Gasteiger partial charge is 0.306 e. The van der Waals surface area contributed by atoms with Crippen molar-refractivity contribution in [3.05, 3.63) is 34.9 Å². The van der Waals surface area contributed by atoms with E-state index in [0.717, 1.165) is 16.7 Å². The molecule has 0 aromatic heterocycles. The van der Waals surface area contributed by atoms with Crippen LogP contribution < -0.4 is 0 Å². The maximum absolute atomic E-state index is 11.9. The molecule has 0 heterocycles. The van der Waals surface area contributed by atoms with Gasteiger partial charge in [-0.3, -0.25) is 9.59 Å². The van der Waals surface area contributed by atoms with E-state index in [4.69, 9.17) is 9.47 Å². The Hall–Kier alpha value is -1.84. The molecule has 0 amide bonds. The summed E-state index contributed by atoms with van der Waals surface area (Å²) in [4.78, 5) is 23.7. The van der Waals surface area contributed by atoms with E-state index in [1.54, 1.807) is 13.8 Å². The number of carbonyl (C=O) groups excluding carboxylic acids is 2. The highest BCUT2D eigenvalue weighted by atomic mass is 16.6. The zero-order chi connectivity index (χ0) is 20.3. The Bertz CT molecular complexity index is 615. The Morgan fingerprint density at radius 3 is 1.27 bits per heavy atom. The molecule has 1 aromatic carbocycles.